The minimum absolute atomic E-state index is 0.00577. The Morgan fingerprint density at radius 2 is 1.63 bits per heavy atom. The van der Waals surface area contributed by atoms with Gasteiger partial charge < -0.3 is 19.5 Å². The quantitative estimate of drug-likeness (QED) is 0.116. The predicted molar refractivity (Wildman–Crippen MR) is 171 cm³/mol. The van der Waals surface area contributed by atoms with Gasteiger partial charge in [0, 0.05) is 12.1 Å². The van der Waals surface area contributed by atoms with E-state index in [4.69, 9.17) is 14.2 Å². The minimum Gasteiger partial charge on any atom is -0.490 e. The van der Waals surface area contributed by atoms with Gasteiger partial charge in [-0.3, -0.25) is 9.59 Å². The first-order valence-electron chi connectivity index (χ1n) is 15.0. The van der Waals surface area contributed by atoms with Gasteiger partial charge in [0.2, 0.25) is 5.91 Å². The summed E-state index contributed by atoms with van der Waals surface area (Å²) in [6.45, 7) is 4.09. The summed E-state index contributed by atoms with van der Waals surface area (Å²) in [4.78, 5) is 41.8. The number of hydrogen-bond donors (Lipinski definition) is 1. The van der Waals surface area contributed by atoms with Crippen molar-refractivity contribution in [3.05, 3.63) is 144 Å². The fourth-order valence-electron chi connectivity index (χ4n) is 5.35. The Labute approximate surface area is 267 Å². The van der Waals surface area contributed by atoms with E-state index in [1.54, 1.807) is 30.3 Å². The average molecular weight is 623 g/mol. The van der Waals surface area contributed by atoms with Crippen LogP contribution in [-0.2, 0) is 25.7 Å². The molecule has 0 bridgehead atoms. The molecule has 0 spiro atoms. The highest BCUT2D eigenvalue weighted by Gasteiger charge is 2.44. The molecule has 2 amide bonds. The summed E-state index contributed by atoms with van der Waals surface area (Å²) in [7, 11) is 0. The van der Waals surface area contributed by atoms with Gasteiger partial charge in [-0.05, 0) is 59.5 Å². The van der Waals surface area contributed by atoms with Gasteiger partial charge in [0.05, 0.1) is 12.0 Å². The second-order valence-corrected chi connectivity index (χ2v) is 10.8. The summed E-state index contributed by atoms with van der Waals surface area (Å²) in [5.74, 6) is -1.75. The lowest BCUT2D eigenvalue weighted by Crippen LogP contribution is -2.42. The molecule has 1 saturated heterocycles. The Morgan fingerprint density at radius 3 is 2.30 bits per heavy atom. The lowest BCUT2D eigenvalue weighted by Gasteiger charge is -2.32. The van der Waals surface area contributed by atoms with E-state index in [1.807, 2.05) is 72.8 Å². The van der Waals surface area contributed by atoms with Crippen LogP contribution in [0.4, 0.5) is 14.9 Å². The van der Waals surface area contributed by atoms with Gasteiger partial charge >= 0.3 is 12.1 Å². The first kappa shape index (κ1) is 32.0. The van der Waals surface area contributed by atoms with E-state index in [-0.39, 0.29) is 26.1 Å². The fraction of sp³-hybridized carbons (Fsp3) is 0.216. The third-order valence-electron chi connectivity index (χ3n) is 7.69. The van der Waals surface area contributed by atoms with Gasteiger partial charge in [-0.2, -0.15) is 0 Å². The fourth-order valence-corrected chi connectivity index (χ4v) is 5.35. The van der Waals surface area contributed by atoms with Crippen LogP contribution < -0.4 is 10.1 Å². The van der Waals surface area contributed by atoms with E-state index in [0.29, 0.717) is 23.6 Å². The molecule has 3 atom stereocenters. The molecule has 4 aromatic rings. The van der Waals surface area contributed by atoms with Crippen molar-refractivity contribution >= 4 is 23.7 Å². The number of esters is 1. The third-order valence-corrected chi connectivity index (χ3v) is 7.69. The highest BCUT2D eigenvalue weighted by molar-refractivity contribution is 5.95. The van der Waals surface area contributed by atoms with Gasteiger partial charge in [0.1, 0.15) is 37.4 Å². The van der Waals surface area contributed by atoms with Crippen LogP contribution in [0.15, 0.2) is 122 Å². The Morgan fingerprint density at radius 1 is 0.957 bits per heavy atom. The van der Waals surface area contributed by atoms with E-state index in [1.165, 1.54) is 12.1 Å². The largest absolute Gasteiger partial charge is 0.490 e. The molecule has 1 fully saturated rings. The van der Waals surface area contributed by atoms with Gasteiger partial charge in [-0.15, -0.1) is 0 Å². The maximum Gasteiger partial charge on any atom is 0.417 e. The normalized spacial score (nSPS) is 15.4. The predicted octanol–water partition coefficient (Wildman–Crippen LogP) is 7.40. The number of carbonyl (C=O) groups excluding carboxylic acids is 3. The molecular weight excluding hydrogens is 587 g/mol. The van der Waals surface area contributed by atoms with Crippen molar-refractivity contribution < 1.29 is 33.0 Å². The number of cyclic esters (lactones) is 1. The van der Waals surface area contributed by atoms with Gasteiger partial charge in [0.15, 0.2) is 0 Å². The van der Waals surface area contributed by atoms with Crippen LogP contribution >= 0.6 is 0 Å². The van der Waals surface area contributed by atoms with Gasteiger partial charge in [-0.1, -0.05) is 85.5 Å². The summed E-state index contributed by atoms with van der Waals surface area (Å²) >= 11 is 0. The lowest BCUT2D eigenvalue weighted by molar-refractivity contribution is -0.145. The van der Waals surface area contributed by atoms with Crippen molar-refractivity contribution in [1.82, 2.24) is 4.90 Å². The van der Waals surface area contributed by atoms with E-state index < -0.39 is 41.8 Å². The molecule has 0 aromatic heterocycles. The summed E-state index contributed by atoms with van der Waals surface area (Å²) in [5, 5.41) is 3.37. The highest BCUT2D eigenvalue weighted by Crippen LogP contribution is 2.37. The number of ether oxygens (including phenoxy) is 3. The zero-order valence-electron chi connectivity index (χ0n) is 25.2. The molecular formula is C37H35FN2O6. The van der Waals surface area contributed by atoms with Crippen LogP contribution in [0.5, 0.6) is 5.75 Å². The number of hydrogen-bond acceptors (Lipinski definition) is 7. The Balaban J connectivity index is 1.48. The summed E-state index contributed by atoms with van der Waals surface area (Å²) < 4.78 is 30.4. The maximum atomic E-state index is 14.5. The second-order valence-electron chi connectivity index (χ2n) is 10.8. The number of nitrogens with zero attached hydrogens (tertiary/aromatic N) is 1. The van der Waals surface area contributed by atoms with Crippen LogP contribution in [0.1, 0.15) is 41.6 Å². The monoisotopic (exact) mass is 622 g/mol. The molecule has 0 aliphatic carbocycles. The summed E-state index contributed by atoms with van der Waals surface area (Å²) in [5.41, 5.74) is 2.82. The molecule has 1 aliphatic rings. The maximum absolute atomic E-state index is 14.5. The minimum atomic E-state index is -0.939. The second kappa shape index (κ2) is 15.5. The molecule has 9 heteroatoms. The average Bonchev–Trinajstić information content (AvgIpc) is 3.49. The standard InChI is InChI=1S/C37H35FN2O6/c1-2-23-44-31-19-13-28(14-20-31)35(39-30-17-15-29(38)16-18-30)32(21-22-34(41)45-24-26-9-5-3-6-10-26)36(42)40-33(25-46-37(40)43)27-11-7-4-8-12-27/h2-20,32-33,35,39H,1,21-25H2. The molecule has 236 valence electrons. The number of benzene rings is 4. The number of carbonyl (C=O) groups is 3. The zero-order valence-corrected chi connectivity index (χ0v) is 25.2. The van der Waals surface area contributed by atoms with Gasteiger partial charge in [-0.25, -0.2) is 14.1 Å². The molecule has 1 aliphatic heterocycles. The Bertz CT molecular complexity index is 1610. The van der Waals surface area contributed by atoms with Gasteiger partial charge in [0.25, 0.3) is 0 Å². The van der Waals surface area contributed by atoms with Crippen LogP contribution in [0, 0.1) is 11.7 Å². The number of imide groups is 1. The first-order chi connectivity index (χ1) is 22.4. The Kier molecular flexibility index (Phi) is 10.8. The zero-order chi connectivity index (χ0) is 32.3. The number of halogens is 1. The molecule has 0 saturated carbocycles. The van der Waals surface area contributed by atoms with E-state index in [0.717, 1.165) is 16.0 Å². The van der Waals surface area contributed by atoms with Crippen LogP contribution in [0.3, 0.4) is 0 Å². The third kappa shape index (κ3) is 8.18. The van der Waals surface area contributed by atoms with Crippen molar-refractivity contribution in [2.75, 3.05) is 18.5 Å². The van der Waals surface area contributed by atoms with E-state index in [9.17, 15) is 18.8 Å². The SMILES string of the molecule is C=CCOc1ccc(C(Nc2ccc(F)cc2)C(CCC(=O)OCc2ccccc2)C(=O)N2C(=O)OCC2c2ccccc2)cc1. The smallest absolute Gasteiger partial charge is 0.417 e. The first-order valence-corrected chi connectivity index (χ1v) is 15.0. The number of rotatable bonds is 14. The number of anilines is 1. The molecule has 8 nitrogen and oxygen atoms in total. The van der Waals surface area contributed by atoms with Crippen molar-refractivity contribution in [3.63, 3.8) is 0 Å². The van der Waals surface area contributed by atoms with Crippen molar-refractivity contribution in [2.24, 2.45) is 5.92 Å². The topological polar surface area (TPSA) is 94.2 Å². The molecule has 3 unspecified atom stereocenters. The molecule has 46 heavy (non-hydrogen) atoms. The lowest BCUT2D eigenvalue weighted by atomic mass is 9.87. The van der Waals surface area contributed by atoms with Crippen LogP contribution in [0.25, 0.3) is 0 Å². The molecule has 4 aromatic carbocycles. The molecule has 1 heterocycles. The molecule has 1 N–H and O–H groups in total. The summed E-state index contributed by atoms with van der Waals surface area (Å²) in [6.07, 6.45) is 0.830. The van der Waals surface area contributed by atoms with Crippen molar-refractivity contribution in [2.45, 2.75) is 31.5 Å². The van der Waals surface area contributed by atoms with E-state index >= 15 is 0 Å². The number of nitrogens with one attached hydrogen (secondary N) is 1. The highest BCUT2D eigenvalue weighted by atomic mass is 19.1. The van der Waals surface area contributed by atoms with Crippen molar-refractivity contribution in [1.29, 1.82) is 0 Å². The molecule has 5 rings (SSSR count). The van der Waals surface area contributed by atoms with Crippen molar-refractivity contribution in [3.8, 4) is 5.75 Å². The Hall–Kier alpha value is -5.44. The molecule has 0 radical (unpaired) electrons. The number of amides is 2. The van der Waals surface area contributed by atoms with Crippen LogP contribution in [0.2, 0.25) is 0 Å². The van der Waals surface area contributed by atoms with Crippen LogP contribution in [-0.4, -0.2) is 36.1 Å². The summed E-state index contributed by atoms with van der Waals surface area (Å²) in [6, 6.07) is 30.0. The van der Waals surface area contributed by atoms with E-state index in [2.05, 4.69) is 11.9 Å².